The largest absolute Gasteiger partial charge is 0.497 e. The van der Waals surface area contributed by atoms with Gasteiger partial charge in [0.25, 0.3) is 0 Å². The van der Waals surface area contributed by atoms with Gasteiger partial charge in [-0.2, -0.15) is 0 Å². The minimum Gasteiger partial charge on any atom is -0.497 e. The Hall–Kier alpha value is -2.33. The van der Waals surface area contributed by atoms with Crippen LogP contribution < -0.4 is 15.2 Å². The third-order valence-electron chi connectivity index (χ3n) is 3.11. The number of benzene rings is 2. The fourth-order valence-corrected chi connectivity index (χ4v) is 1.99. The van der Waals surface area contributed by atoms with E-state index in [0.29, 0.717) is 17.1 Å². The van der Waals surface area contributed by atoms with E-state index < -0.39 is 6.04 Å². The Balaban J connectivity index is 2.37. The van der Waals surface area contributed by atoms with E-state index in [1.165, 1.54) is 7.11 Å². The van der Waals surface area contributed by atoms with E-state index in [-0.39, 0.29) is 5.78 Å². The van der Waals surface area contributed by atoms with E-state index in [1.807, 2.05) is 30.3 Å². The number of hydrogen-bond acceptors (Lipinski definition) is 4. The van der Waals surface area contributed by atoms with Gasteiger partial charge in [0.1, 0.15) is 11.5 Å². The highest BCUT2D eigenvalue weighted by Crippen LogP contribution is 2.27. The van der Waals surface area contributed by atoms with Crippen LogP contribution in [0.15, 0.2) is 48.5 Å². The lowest BCUT2D eigenvalue weighted by Gasteiger charge is -2.14. The highest BCUT2D eigenvalue weighted by atomic mass is 16.5. The predicted molar refractivity (Wildman–Crippen MR) is 77.2 cm³/mol. The molecule has 1 unspecified atom stereocenters. The minimum atomic E-state index is -0.725. The number of Topliss-reactive ketones (excluding diaryl/α,β-unsaturated/α-hetero) is 1. The van der Waals surface area contributed by atoms with Crippen molar-refractivity contribution in [1.29, 1.82) is 0 Å². The van der Waals surface area contributed by atoms with Crippen molar-refractivity contribution in [3.8, 4) is 11.5 Å². The first-order valence-corrected chi connectivity index (χ1v) is 6.24. The first-order chi connectivity index (χ1) is 9.67. The molecular weight excluding hydrogens is 254 g/mol. The van der Waals surface area contributed by atoms with Crippen LogP contribution in [0.25, 0.3) is 0 Å². The first kappa shape index (κ1) is 14.1. The standard InChI is InChI=1S/C16H17NO3/c1-19-12-8-9-14(20-2)13(10-12)16(18)15(17)11-6-4-3-5-7-11/h3-10,15H,17H2,1-2H3. The van der Waals surface area contributed by atoms with Crippen LogP contribution in [0.2, 0.25) is 0 Å². The summed E-state index contributed by atoms with van der Waals surface area (Å²) in [5.41, 5.74) is 7.23. The number of ether oxygens (including phenoxy) is 2. The number of nitrogens with two attached hydrogens (primary N) is 1. The second kappa shape index (κ2) is 6.21. The molecule has 104 valence electrons. The Morgan fingerprint density at radius 2 is 1.75 bits per heavy atom. The van der Waals surface area contributed by atoms with E-state index in [4.69, 9.17) is 15.2 Å². The average molecular weight is 271 g/mol. The molecule has 2 aromatic carbocycles. The predicted octanol–water partition coefficient (Wildman–Crippen LogP) is 2.59. The molecule has 0 aliphatic carbocycles. The highest BCUT2D eigenvalue weighted by Gasteiger charge is 2.21. The van der Waals surface area contributed by atoms with E-state index >= 15 is 0 Å². The average Bonchev–Trinajstić information content (AvgIpc) is 2.53. The lowest BCUT2D eigenvalue weighted by molar-refractivity contribution is 0.0958. The summed E-state index contributed by atoms with van der Waals surface area (Å²) in [6, 6.07) is 13.6. The smallest absolute Gasteiger partial charge is 0.187 e. The quantitative estimate of drug-likeness (QED) is 0.849. The van der Waals surface area contributed by atoms with E-state index in [0.717, 1.165) is 5.56 Å². The molecule has 2 rings (SSSR count). The molecule has 0 heterocycles. The molecule has 0 aliphatic rings. The van der Waals surface area contributed by atoms with E-state index in [9.17, 15) is 4.79 Å². The van der Waals surface area contributed by atoms with Crippen molar-refractivity contribution in [3.63, 3.8) is 0 Å². The molecule has 20 heavy (non-hydrogen) atoms. The van der Waals surface area contributed by atoms with Gasteiger partial charge >= 0.3 is 0 Å². The second-order valence-corrected chi connectivity index (χ2v) is 4.32. The molecule has 0 amide bonds. The normalized spacial score (nSPS) is 11.8. The summed E-state index contributed by atoms with van der Waals surface area (Å²) in [6.07, 6.45) is 0. The molecule has 0 saturated carbocycles. The summed E-state index contributed by atoms with van der Waals surface area (Å²) in [6.45, 7) is 0. The topological polar surface area (TPSA) is 61.5 Å². The minimum absolute atomic E-state index is 0.202. The maximum Gasteiger partial charge on any atom is 0.187 e. The number of carbonyl (C=O) groups is 1. The lowest BCUT2D eigenvalue weighted by atomic mass is 9.97. The van der Waals surface area contributed by atoms with Gasteiger partial charge in [0.05, 0.1) is 25.8 Å². The van der Waals surface area contributed by atoms with Gasteiger partial charge in [0.2, 0.25) is 0 Å². The summed E-state index contributed by atoms with van der Waals surface area (Å²) >= 11 is 0. The van der Waals surface area contributed by atoms with Crippen molar-refractivity contribution in [1.82, 2.24) is 0 Å². The number of rotatable bonds is 5. The molecule has 0 aromatic heterocycles. The molecule has 1 atom stereocenters. The van der Waals surface area contributed by atoms with Gasteiger partial charge in [-0.1, -0.05) is 30.3 Å². The Bertz CT molecular complexity index is 596. The summed E-state index contributed by atoms with van der Waals surface area (Å²) < 4.78 is 10.4. The molecule has 0 aliphatic heterocycles. The van der Waals surface area contributed by atoms with Crippen molar-refractivity contribution >= 4 is 5.78 Å². The van der Waals surface area contributed by atoms with Gasteiger partial charge in [0, 0.05) is 0 Å². The Morgan fingerprint density at radius 1 is 1.05 bits per heavy atom. The van der Waals surface area contributed by atoms with Crippen LogP contribution in [-0.2, 0) is 0 Å². The van der Waals surface area contributed by atoms with Crippen LogP contribution in [-0.4, -0.2) is 20.0 Å². The third-order valence-corrected chi connectivity index (χ3v) is 3.11. The zero-order valence-corrected chi connectivity index (χ0v) is 11.5. The summed E-state index contributed by atoms with van der Waals surface area (Å²) in [7, 11) is 3.07. The molecule has 4 heteroatoms. The summed E-state index contributed by atoms with van der Waals surface area (Å²) in [5, 5.41) is 0. The molecule has 2 N–H and O–H groups in total. The first-order valence-electron chi connectivity index (χ1n) is 6.24. The van der Waals surface area contributed by atoms with Crippen LogP contribution in [0.4, 0.5) is 0 Å². The number of methoxy groups -OCH3 is 2. The van der Waals surface area contributed by atoms with Gasteiger partial charge in [0.15, 0.2) is 5.78 Å². The zero-order chi connectivity index (χ0) is 14.5. The van der Waals surface area contributed by atoms with Gasteiger partial charge in [-0.25, -0.2) is 0 Å². The van der Waals surface area contributed by atoms with Gasteiger partial charge in [-0.3, -0.25) is 4.79 Å². The fourth-order valence-electron chi connectivity index (χ4n) is 1.99. The van der Waals surface area contributed by atoms with Crippen molar-refractivity contribution in [2.45, 2.75) is 6.04 Å². The van der Waals surface area contributed by atoms with Gasteiger partial charge in [-0.05, 0) is 23.8 Å². The second-order valence-electron chi connectivity index (χ2n) is 4.32. The number of ketones is 1. The highest BCUT2D eigenvalue weighted by molar-refractivity contribution is 6.03. The van der Waals surface area contributed by atoms with Crippen LogP contribution in [0, 0.1) is 0 Å². The van der Waals surface area contributed by atoms with Gasteiger partial charge < -0.3 is 15.2 Å². The Morgan fingerprint density at radius 3 is 2.35 bits per heavy atom. The maximum atomic E-state index is 12.5. The van der Waals surface area contributed by atoms with Crippen LogP contribution in [0.1, 0.15) is 22.0 Å². The van der Waals surface area contributed by atoms with Crippen LogP contribution in [0.3, 0.4) is 0 Å². The lowest BCUT2D eigenvalue weighted by Crippen LogP contribution is -2.22. The monoisotopic (exact) mass is 271 g/mol. The number of hydrogen-bond donors (Lipinski definition) is 1. The molecule has 0 radical (unpaired) electrons. The van der Waals surface area contributed by atoms with Crippen molar-refractivity contribution < 1.29 is 14.3 Å². The molecule has 0 spiro atoms. The Kier molecular flexibility index (Phi) is 4.38. The van der Waals surface area contributed by atoms with E-state index in [1.54, 1.807) is 25.3 Å². The summed E-state index contributed by atoms with van der Waals surface area (Å²) in [4.78, 5) is 12.5. The fraction of sp³-hybridized carbons (Fsp3) is 0.188. The van der Waals surface area contributed by atoms with Crippen molar-refractivity contribution in [3.05, 3.63) is 59.7 Å². The molecule has 0 fully saturated rings. The Labute approximate surface area is 118 Å². The molecular formula is C16H17NO3. The van der Waals surface area contributed by atoms with Gasteiger partial charge in [-0.15, -0.1) is 0 Å². The van der Waals surface area contributed by atoms with Crippen LogP contribution >= 0.6 is 0 Å². The molecule has 0 saturated heterocycles. The SMILES string of the molecule is COc1ccc(OC)c(C(=O)C(N)c2ccccc2)c1. The third kappa shape index (κ3) is 2.81. The summed E-state index contributed by atoms with van der Waals surface area (Å²) in [5.74, 6) is 0.878. The van der Waals surface area contributed by atoms with Crippen molar-refractivity contribution in [2.75, 3.05) is 14.2 Å². The van der Waals surface area contributed by atoms with Crippen molar-refractivity contribution in [2.24, 2.45) is 5.73 Å². The van der Waals surface area contributed by atoms with E-state index in [2.05, 4.69) is 0 Å². The molecule has 4 nitrogen and oxygen atoms in total. The zero-order valence-electron chi connectivity index (χ0n) is 11.5. The molecule has 2 aromatic rings. The molecule has 0 bridgehead atoms. The van der Waals surface area contributed by atoms with Crippen LogP contribution in [0.5, 0.6) is 11.5 Å². The number of carbonyl (C=O) groups excluding carboxylic acids is 1. The maximum absolute atomic E-state index is 12.5.